The molecular formula is C59H80N4O22S4. The first-order valence-electron chi connectivity index (χ1n) is 28.5. The normalized spacial score (nSPS) is 34.5. The van der Waals surface area contributed by atoms with Crippen molar-refractivity contribution in [3.05, 3.63) is 53.3 Å². The number of aliphatic hydroxyl groups excluding tert-OH is 3. The molecule has 0 aromatic heterocycles. The highest BCUT2D eigenvalue weighted by molar-refractivity contribution is 9.09. The van der Waals surface area contributed by atoms with Crippen LogP contribution in [-0.2, 0) is 66.5 Å². The summed E-state index contributed by atoms with van der Waals surface area (Å²) in [5, 5.41) is 54.3. The number of aliphatic hydroxyl groups is 4. The van der Waals surface area contributed by atoms with Gasteiger partial charge in [-0.3, -0.25) is 14.4 Å². The van der Waals surface area contributed by atoms with Crippen molar-refractivity contribution in [2.24, 2.45) is 4.99 Å². The molecule has 1 aromatic carbocycles. The van der Waals surface area contributed by atoms with Gasteiger partial charge in [-0.05, 0) is 67.3 Å². The van der Waals surface area contributed by atoms with Crippen LogP contribution in [0.5, 0.6) is 11.5 Å². The minimum atomic E-state index is -2.62. The Labute approximate surface area is 533 Å². The number of rotatable bonds is 25. The smallest absolute Gasteiger partial charge is 0.433 e. The number of nitrogens with one attached hydrogen (secondary N) is 3. The molecule has 19 atom stereocenters. The molecule has 89 heavy (non-hydrogen) atoms. The molecule has 492 valence electrons. The van der Waals surface area contributed by atoms with Gasteiger partial charge in [0.25, 0.3) is 5.91 Å². The van der Waals surface area contributed by atoms with E-state index in [-0.39, 0.29) is 94.7 Å². The molecule has 26 nitrogen and oxygen atoms in total. The highest BCUT2D eigenvalue weighted by Crippen LogP contribution is 2.43. The van der Waals surface area contributed by atoms with Crippen molar-refractivity contribution in [1.82, 2.24) is 10.8 Å². The summed E-state index contributed by atoms with van der Waals surface area (Å²) in [7, 11) is 10.8. The lowest BCUT2D eigenvalue weighted by molar-refractivity contribution is -0.336. The Morgan fingerprint density at radius 2 is 1.57 bits per heavy atom. The lowest BCUT2D eigenvalue weighted by Gasteiger charge is -2.47. The van der Waals surface area contributed by atoms with Crippen molar-refractivity contribution in [1.29, 1.82) is 0 Å². The van der Waals surface area contributed by atoms with Crippen molar-refractivity contribution in [2.75, 3.05) is 65.7 Å². The van der Waals surface area contributed by atoms with Crippen LogP contribution >= 0.6 is 43.2 Å². The average Bonchev–Trinajstić information content (AvgIpc) is 0.971. The maximum atomic E-state index is 15.6. The van der Waals surface area contributed by atoms with Crippen LogP contribution in [-0.4, -0.2) is 232 Å². The maximum absolute atomic E-state index is 15.6. The van der Waals surface area contributed by atoms with E-state index in [0.717, 1.165) is 7.11 Å². The number of Topliss-reactive ketones (excluding diaryl/α,β-unsaturated/α-hetero) is 1. The number of hydroxylamine groups is 1. The molecule has 6 aliphatic rings. The molecular weight excluding hydrogens is 1240 g/mol. The lowest BCUT2D eigenvalue weighted by atomic mass is 9.72. The predicted molar refractivity (Wildman–Crippen MR) is 331 cm³/mol. The molecule has 1 unspecified atom stereocenters. The van der Waals surface area contributed by atoms with E-state index in [4.69, 9.17) is 66.4 Å². The molecule has 30 heteroatoms. The van der Waals surface area contributed by atoms with Crippen LogP contribution in [0.15, 0.2) is 52.8 Å². The van der Waals surface area contributed by atoms with Crippen LogP contribution in [0.3, 0.4) is 0 Å². The molecule has 2 bridgehead atoms. The minimum absolute atomic E-state index is 0.0308. The maximum Gasteiger partial charge on any atom is 0.433 e. The molecule has 7 rings (SSSR count). The number of aliphatic imine (C=N–C) groups is 1. The average molecular weight is 1330 g/mol. The third-order valence-electron chi connectivity index (χ3n) is 15.3. The summed E-state index contributed by atoms with van der Waals surface area (Å²) in [5.74, 6) is 8.71. The summed E-state index contributed by atoms with van der Waals surface area (Å²) >= 11 is 1.47. The Morgan fingerprint density at radius 1 is 0.865 bits per heavy atom. The predicted octanol–water partition coefficient (Wildman–Crippen LogP) is 3.77. The SMILES string of the molecule is C=C(OC)C(=O)Nc1cc(OC)c(OC)cc1C(=O)O[C@H]1CC(O[C@@H]2C(=O)C(=NC(=O)OC)C3=C(CCSSSC)[C@]2(O)C#C/C=C/C#C[C@@H]3O[C@@H]2O[C@H](C)[C@@H](NO[C@H]3C[C@H](O)[C@H](SC)[C@@H](C)O3)[C@H](O)[C@H]2O[C@H]2C[C@H](OC)[C@@H](NC(C)C)CO2)O[C@@H](C)[C@@H]1O. The zero-order valence-corrected chi connectivity index (χ0v) is 54.7. The summed E-state index contributed by atoms with van der Waals surface area (Å²) in [6, 6.07) is 1.39. The number of esters is 1. The van der Waals surface area contributed by atoms with Gasteiger partial charge < -0.3 is 92.6 Å². The first-order valence-corrected chi connectivity index (χ1v) is 33.9. The molecule has 1 aromatic rings. The molecule has 2 aliphatic carbocycles. The number of anilines is 1. The van der Waals surface area contributed by atoms with Gasteiger partial charge in [-0.25, -0.2) is 9.59 Å². The van der Waals surface area contributed by atoms with Crippen LogP contribution in [0.1, 0.15) is 70.7 Å². The Balaban J connectivity index is 1.27. The summed E-state index contributed by atoms with van der Waals surface area (Å²) in [6.07, 6.45) is -13.5. The van der Waals surface area contributed by atoms with E-state index in [2.05, 4.69) is 51.4 Å². The van der Waals surface area contributed by atoms with E-state index in [1.165, 1.54) is 95.7 Å². The van der Waals surface area contributed by atoms with Crippen LogP contribution in [0.4, 0.5) is 10.5 Å². The van der Waals surface area contributed by atoms with Gasteiger partial charge >= 0.3 is 12.1 Å². The largest absolute Gasteiger partial charge is 0.493 e. The number of methoxy groups -OCH3 is 5. The number of hydrogen-bond acceptors (Lipinski definition) is 28. The molecule has 0 spiro atoms. The molecule has 7 N–H and O–H groups in total. The third-order valence-corrected chi connectivity index (χ3v) is 20.5. The zero-order chi connectivity index (χ0) is 64.9. The van der Waals surface area contributed by atoms with Crippen LogP contribution in [0, 0.1) is 23.7 Å². The Kier molecular flexibility index (Phi) is 27.0. The second-order valence-corrected chi connectivity index (χ2v) is 27.0. The quantitative estimate of drug-likeness (QED) is 0.0139. The number of ether oxygens (including phenoxy) is 13. The van der Waals surface area contributed by atoms with Crippen molar-refractivity contribution in [2.45, 2.75) is 182 Å². The Bertz CT molecular complexity index is 2890. The number of allylic oxidation sites excluding steroid dienone is 2. The van der Waals surface area contributed by atoms with Crippen LogP contribution in [0.25, 0.3) is 0 Å². The van der Waals surface area contributed by atoms with E-state index in [0.29, 0.717) is 0 Å². The van der Waals surface area contributed by atoms with E-state index in [9.17, 15) is 34.8 Å². The van der Waals surface area contributed by atoms with E-state index < -0.39 is 134 Å². The number of amides is 2. The van der Waals surface area contributed by atoms with Gasteiger partial charge in [0.1, 0.15) is 36.2 Å². The van der Waals surface area contributed by atoms with Crippen molar-refractivity contribution < 1.29 is 106 Å². The number of carbonyl (C=O) groups is 4. The first-order chi connectivity index (χ1) is 42.5. The van der Waals surface area contributed by atoms with Gasteiger partial charge in [0.05, 0.1) is 94.2 Å². The molecule has 2 amide bonds. The lowest BCUT2D eigenvalue weighted by Crippen LogP contribution is -2.65. The van der Waals surface area contributed by atoms with Crippen LogP contribution < -0.4 is 25.6 Å². The minimum Gasteiger partial charge on any atom is -0.493 e. The van der Waals surface area contributed by atoms with Crippen molar-refractivity contribution in [3.8, 4) is 35.2 Å². The molecule has 4 heterocycles. The highest BCUT2D eigenvalue weighted by Gasteiger charge is 2.57. The van der Waals surface area contributed by atoms with Crippen molar-refractivity contribution in [3.63, 3.8) is 0 Å². The number of hydrogen-bond donors (Lipinski definition) is 7. The third kappa shape index (κ3) is 17.6. The Morgan fingerprint density at radius 3 is 2.24 bits per heavy atom. The fraction of sp³-hybridized carbons (Fsp3) is 0.644. The number of nitrogens with zero attached hydrogens (tertiary/aromatic N) is 1. The number of thioether (sulfide) groups is 1. The highest BCUT2D eigenvalue weighted by atomic mass is 33.5. The fourth-order valence-electron chi connectivity index (χ4n) is 10.9. The zero-order valence-electron chi connectivity index (χ0n) is 51.4. The van der Waals surface area contributed by atoms with E-state index in [1.54, 1.807) is 14.0 Å². The summed E-state index contributed by atoms with van der Waals surface area (Å²) in [6.45, 7) is 12.6. The first kappa shape index (κ1) is 71.9. The van der Waals surface area contributed by atoms with Gasteiger partial charge in [0.2, 0.25) is 5.78 Å². The van der Waals surface area contributed by atoms with Gasteiger partial charge in [-0.15, -0.1) is 0 Å². The second kappa shape index (κ2) is 33.4. The standard InChI is InChI=1S/C59H80N4O22S4/c1-28(2)60-36-27-77-43(25-39(36)73-8)83-52-50(66)47(63-85-45-24-37(64)53(86-12)31(5)79-45)29(3)80-57(52)82-38-18-16-14-15-17-20-59(71)34(19-21-88-89-87-13)46(38)48(62-58(70)76-11)51(67)54(59)84-44-26-42(49(65)30(4)78-44)81-56(69)33-22-40(74-9)41(75-10)23-35(33)61-55(68)32(6)72-7/h14-15,22-23,28-31,36-39,42-45,47,49-50,52-54,57,60,63-66,71H,6,19,21,24-27H2,1-5,7-13H3,(H,61,68)/b15-14+,62-48?/t29-,30+,31-,36+,37+,38+,39+,42+,43+,44?,45+,47-,49+,50+,52-,53-,54-,57+,59-/m1/s1. The summed E-state index contributed by atoms with van der Waals surface area (Å²) in [4.78, 5) is 66.6. The fourth-order valence-corrected chi connectivity index (χ4v) is 14.4. The number of benzene rings is 1. The molecule has 4 aliphatic heterocycles. The number of carbonyl (C=O) groups excluding carboxylic acids is 4. The van der Waals surface area contributed by atoms with Crippen LogP contribution in [0.2, 0.25) is 0 Å². The van der Waals surface area contributed by atoms with E-state index >= 15 is 4.79 Å². The van der Waals surface area contributed by atoms with Crippen molar-refractivity contribution >= 4 is 78.3 Å². The number of ketones is 1. The number of fused-ring (bicyclic) bond motifs is 1. The second-order valence-electron chi connectivity index (χ2n) is 21.5. The van der Waals surface area contributed by atoms with Gasteiger partial charge in [0.15, 0.2) is 54.1 Å². The van der Waals surface area contributed by atoms with Gasteiger partial charge in [-0.2, -0.15) is 22.2 Å². The summed E-state index contributed by atoms with van der Waals surface area (Å²) < 4.78 is 77.9. The van der Waals surface area contributed by atoms with Gasteiger partial charge in [-0.1, -0.05) is 65.7 Å². The van der Waals surface area contributed by atoms with Gasteiger partial charge in [0, 0.05) is 55.9 Å². The monoisotopic (exact) mass is 1320 g/mol. The molecule has 4 saturated heterocycles. The molecule has 0 radical (unpaired) electrons. The van der Waals surface area contributed by atoms with E-state index in [1.807, 2.05) is 33.3 Å². The molecule has 4 fully saturated rings. The molecule has 0 saturated carbocycles. The topological polar surface area (TPSA) is 327 Å². The Hall–Kier alpha value is -4.49. The summed E-state index contributed by atoms with van der Waals surface area (Å²) in [5.41, 5.74) is -0.914.